The fourth-order valence-corrected chi connectivity index (χ4v) is 0.932. The van der Waals surface area contributed by atoms with Crippen LogP contribution in [0.3, 0.4) is 0 Å². The number of nitrogens with zero attached hydrogens (tertiary/aromatic N) is 1. The van der Waals surface area contributed by atoms with Crippen molar-refractivity contribution < 1.29 is 9.90 Å². The third-order valence-corrected chi connectivity index (χ3v) is 1.56. The molecule has 0 rings (SSSR count). The van der Waals surface area contributed by atoms with Gasteiger partial charge in [-0.05, 0) is 19.3 Å². The molecule has 0 amide bonds. The van der Waals surface area contributed by atoms with Gasteiger partial charge in [0.15, 0.2) is 0 Å². The molecule has 66 valence electrons. The molecule has 3 heteroatoms. The lowest BCUT2D eigenvalue weighted by Crippen LogP contribution is -2.05. The lowest BCUT2D eigenvalue weighted by atomic mass is 10.0. The summed E-state index contributed by atoms with van der Waals surface area (Å²) < 4.78 is 0. The molecule has 0 spiro atoms. The van der Waals surface area contributed by atoms with Crippen molar-refractivity contribution >= 4 is 5.97 Å². The first-order chi connectivity index (χ1) is 5.70. The van der Waals surface area contributed by atoms with Crippen LogP contribution in [0.2, 0.25) is 0 Å². The Morgan fingerprint density at radius 2 is 2.42 bits per heavy atom. The maximum atomic E-state index is 10.2. The van der Waals surface area contributed by atoms with Crippen LogP contribution in [0.15, 0.2) is 12.7 Å². The summed E-state index contributed by atoms with van der Waals surface area (Å²) in [6, 6.07) is 1.98. The molecule has 0 aliphatic carbocycles. The van der Waals surface area contributed by atoms with Crippen LogP contribution in [0.25, 0.3) is 0 Å². The van der Waals surface area contributed by atoms with Gasteiger partial charge in [0.05, 0.1) is 18.4 Å². The summed E-state index contributed by atoms with van der Waals surface area (Å²) >= 11 is 0. The molecule has 12 heavy (non-hydrogen) atoms. The first-order valence-electron chi connectivity index (χ1n) is 3.93. The summed E-state index contributed by atoms with van der Waals surface area (Å²) in [5.41, 5.74) is 0. The van der Waals surface area contributed by atoms with E-state index in [1.807, 2.05) is 6.07 Å². The average molecular weight is 167 g/mol. The molecule has 0 bridgehead atoms. The summed E-state index contributed by atoms with van der Waals surface area (Å²) in [7, 11) is 0. The Bertz CT molecular complexity index is 193. The maximum Gasteiger partial charge on any atom is 0.304 e. The van der Waals surface area contributed by atoms with Gasteiger partial charge in [0.1, 0.15) is 0 Å². The highest BCUT2D eigenvalue weighted by Gasteiger charge is 2.10. The van der Waals surface area contributed by atoms with Crippen LogP contribution in [0.5, 0.6) is 0 Å². The normalized spacial score (nSPS) is 11.6. The van der Waals surface area contributed by atoms with E-state index in [0.29, 0.717) is 6.42 Å². The van der Waals surface area contributed by atoms with Gasteiger partial charge in [0.25, 0.3) is 0 Å². The summed E-state index contributed by atoms with van der Waals surface area (Å²) in [4.78, 5) is 10.2. The lowest BCUT2D eigenvalue weighted by molar-refractivity contribution is -0.137. The van der Waals surface area contributed by atoms with Gasteiger partial charge in [-0.2, -0.15) is 5.26 Å². The molecule has 0 aromatic heterocycles. The van der Waals surface area contributed by atoms with Gasteiger partial charge in [-0.25, -0.2) is 0 Å². The van der Waals surface area contributed by atoms with Crippen LogP contribution >= 0.6 is 0 Å². The third-order valence-electron chi connectivity index (χ3n) is 1.56. The lowest BCUT2D eigenvalue weighted by Gasteiger charge is -2.03. The summed E-state index contributed by atoms with van der Waals surface area (Å²) in [6.07, 6.45) is 4.06. The number of allylic oxidation sites excluding steroid dienone is 1. The highest BCUT2D eigenvalue weighted by molar-refractivity contribution is 5.67. The summed E-state index contributed by atoms with van der Waals surface area (Å²) in [5, 5.41) is 16.9. The zero-order valence-electron chi connectivity index (χ0n) is 6.99. The second kappa shape index (κ2) is 6.41. The van der Waals surface area contributed by atoms with Gasteiger partial charge in [0.2, 0.25) is 0 Å². The molecule has 0 aliphatic rings. The number of aliphatic carboxylic acids is 1. The van der Waals surface area contributed by atoms with Crippen molar-refractivity contribution in [2.24, 2.45) is 5.92 Å². The molecule has 0 heterocycles. The van der Waals surface area contributed by atoms with Crippen LogP contribution in [0.1, 0.15) is 25.7 Å². The Morgan fingerprint density at radius 3 is 2.83 bits per heavy atom. The highest BCUT2D eigenvalue weighted by Crippen LogP contribution is 2.11. The van der Waals surface area contributed by atoms with Crippen molar-refractivity contribution in [1.29, 1.82) is 5.26 Å². The number of rotatable bonds is 6. The Labute approximate surface area is 72.3 Å². The topological polar surface area (TPSA) is 61.1 Å². The van der Waals surface area contributed by atoms with E-state index in [9.17, 15) is 4.79 Å². The van der Waals surface area contributed by atoms with Crippen LogP contribution < -0.4 is 0 Å². The molecule has 1 unspecified atom stereocenters. The van der Waals surface area contributed by atoms with Gasteiger partial charge in [-0.15, -0.1) is 6.58 Å². The van der Waals surface area contributed by atoms with Crippen LogP contribution in [-0.2, 0) is 4.79 Å². The van der Waals surface area contributed by atoms with Crippen molar-refractivity contribution in [1.82, 2.24) is 0 Å². The minimum absolute atomic E-state index is 0.0480. The first-order valence-corrected chi connectivity index (χ1v) is 3.93. The molecule has 1 N–H and O–H groups in total. The van der Waals surface area contributed by atoms with Crippen molar-refractivity contribution in [3.8, 4) is 6.07 Å². The van der Waals surface area contributed by atoms with Gasteiger partial charge < -0.3 is 5.11 Å². The number of carboxylic acids is 1. The smallest absolute Gasteiger partial charge is 0.304 e. The predicted molar refractivity (Wildman–Crippen MR) is 45.4 cm³/mol. The molecule has 0 aromatic carbocycles. The molecule has 3 nitrogen and oxygen atoms in total. The fraction of sp³-hybridized carbons (Fsp3) is 0.556. The Hall–Kier alpha value is -1.30. The largest absolute Gasteiger partial charge is 0.481 e. The van der Waals surface area contributed by atoms with E-state index >= 15 is 0 Å². The Kier molecular flexibility index (Phi) is 5.72. The zero-order chi connectivity index (χ0) is 9.40. The highest BCUT2D eigenvalue weighted by atomic mass is 16.4. The molecular formula is C9H13NO2. The molecule has 1 atom stereocenters. The van der Waals surface area contributed by atoms with Gasteiger partial charge in [-0.3, -0.25) is 4.79 Å². The maximum absolute atomic E-state index is 10.2. The second-order valence-corrected chi connectivity index (χ2v) is 2.64. The van der Waals surface area contributed by atoms with E-state index in [4.69, 9.17) is 10.4 Å². The standard InChI is InChI=1S/C9H13NO2/c1-2-3-4-5-8(7-10)6-9(11)12/h2,8H,1,3-6H2,(H,11,12). The van der Waals surface area contributed by atoms with Crippen LogP contribution in [0, 0.1) is 17.2 Å². The van der Waals surface area contributed by atoms with E-state index < -0.39 is 5.97 Å². The van der Waals surface area contributed by atoms with E-state index in [-0.39, 0.29) is 12.3 Å². The van der Waals surface area contributed by atoms with Gasteiger partial charge in [0, 0.05) is 0 Å². The number of carbonyl (C=O) groups is 1. The second-order valence-electron chi connectivity index (χ2n) is 2.64. The molecule has 0 aliphatic heterocycles. The molecule has 0 saturated carbocycles. The van der Waals surface area contributed by atoms with Gasteiger partial charge in [-0.1, -0.05) is 6.08 Å². The zero-order valence-corrected chi connectivity index (χ0v) is 6.99. The Balaban J connectivity index is 3.62. The number of unbranched alkanes of at least 4 members (excludes halogenated alkanes) is 1. The minimum atomic E-state index is -0.903. The minimum Gasteiger partial charge on any atom is -0.481 e. The fourth-order valence-electron chi connectivity index (χ4n) is 0.932. The van der Waals surface area contributed by atoms with Crippen molar-refractivity contribution in [3.05, 3.63) is 12.7 Å². The van der Waals surface area contributed by atoms with Crippen molar-refractivity contribution in [2.45, 2.75) is 25.7 Å². The van der Waals surface area contributed by atoms with Crippen molar-refractivity contribution in [2.75, 3.05) is 0 Å². The van der Waals surface area contributed by atoms with Crippen LogP contribution in [-0.4, -0.2) is 11.1 Å². The Morgan fingerprint density at radius 1 is 1.75 bits per heavy atom. The molecule has 0 aromatic rings. The molecule has 0 radical (unpaired) electrons. The average Bonchev–Trinajstić information content (AvgIpc) is 2.02. The van der Waals surface area contributed by atoms with E-state index in [1.54, 1.807) is 6.08 Å². The molecule has 0 fully saturated rings. The molecular weight excluding hydrogens is 154 g/mol. The quantitative estimate of drug-likeness (QED) is 0.486. The van der Waals surface area contributed by atoms with E-state index in [1.165, 1.54) is 0 Å². The number of hydrogen-bond acceptors (Lipinski definition) is 2. The summed E-state index contributed by atoms with van der Waals surface area (Å²) in [5.74, 6) is -1.25. The van der Waals surface area contributed by atoms with E-state index in [2.05, 4.69) is 6.58 Å². The number of nitriles is 1. The third kappa shape index (κ3) is 5.48. The number of carboxylic acid groups (broad SMARTS) is 1. The van der Waals surface area contributed by atoms with Crippen molar-refractivity contribution in [3.63, 3.8) is 0 Å². The van der Waals surface area contributed by atoms with Crippen LogP contribution in [0.4, 0.5) is 0 Å². The first kappa shape index (κ1) is 10.7. The molecule has 0 saturated heterocycles. The summed E-state index contributed by atoms with van der Waals surface area (Å²) in [6.45, 7) is 3.55. The number of hydrogen-bond donors (Lipinski definition) is 1. The van der Waals surface area contributed by atoms with Gasteiger partial charge >= 0.3 is 5.97 Å². The predicted octanol–water partition coefficient (Wildman–Crippen LogP) is 1.96. The SMILES string of the molecule is C=CCCCC(C#N)CC(=O)O. The monoisotopic (exact) mass is 167 g/mol. The van der Waals surface area contributed by atoms with E-state index in [0.717, 1.165) is 12.8 Å².